The Labute approximate surface area is 232 Å². The molecule has 0 saturated carbocycles. The fourth-order valence-electron chi connectivity index (χ4n) is 5.33. The summed E-state index contributed by atoms with van der Waals surface area (Å²) in [6.45, 7) is 9.26. The van der Waals surface area contributed by atoms with Gasteiger partial charge in [0.1, 0.15) is 17.6 Å². The number of anilines is 1. The van der Waals surface area contributed by atoms with E-state index in [1.54, 1.807) is 31.6 Å². The molecule has 4 heterocycles. The Morgan fingerprint density at radius 3 is 2.65 bits per heavy atom. The van der Waals surface area contributed by atoms with Crippen molar-refractivity contribution in [1.29, 1.82) is 0 Å². The summed E-state index contributed by atoms with van der Waals surface area (Å²) in [6, 6.07) is 6.00. The largest absolute Gasteiger partial charge is 0.467 e. The topological polar surface area (TPSA) is 115 Å². The van der Waals surface area contributed by atoms with Gasteiger partial charge in [0, 0.05) is 37.0 Å². The Bertz CT molecular complexity index is 1380. The molecule has 0 aliphatic carbocycles. The number of benzene rings is 1. The number of nitrogens with zero attached hydrogens (tertiary/aromatic N) is 6. The first-order valence-corrected chi connectivity index (χ1v) is 13.6. The molecule has 3 atom stereocenters. The summed E-state index contributed by atoms with van der Waals surface area (Å²) in [5.74, 6) is 0.777. The maximum atomic E-state index is 15.6. The van der Waals surface area contributed by atoms with Crippen LogP contribution in [0.5, 0.6) is 6.01 Å². The number of rotatable bonds is 5. The molecule has 12 heteroatoms. The molecule has 2 aliphatic heterocycles. The number of likely N-dealkylation sites (tertiary alicyclic amines) is 1. The molecule has 216 valence electrons. The highest BCUT2D eigenvalue weighted by Gasteiger charge is 2.35. The zero-order valence-corrected chi connectivity index (χ0v) is 23.6. The second-order valence-corrected chi connectivity index (χ2v) is 11.4. The van der Waals surface area contributed by atoms with Gasteiger partial charge in [-0.15, -0.1) is 0 Å². The summed E-state index contributed by atoms with van der Waals surface area (Å²) < 4.78 is 33.7. The van der Waals surface area contributed by atoms with Crippen molar-refractivity contribution in [3.8, 4) is 11.8 Å². The number of carbonyl (C=O) groups excluding carboxylic acids is 1. The number of alkyl halides is 1. The van der Waals surface area contributed by atoms with Gasteiger partial charge in [-0.05, 0) is 57.4 Å². The average molecular weight is 557 g/mol. The molecule has 2 aliphatic rings. The van der Waals surface area contributed by atoms with Crippen molar-refractivity contribution in [1.82, 2.24) is 24.6 Å². The third kappa shape index (κ3) is 5.83. The van der Waals surface area contributed by atoms with Gasteiger partial charge in [0.25, 0.3) is 0 Å². The Kier molecular flexibility index (Phi) is 7.83. The summed E-state index contributed by atoms with van der Waals surface area (Å²) >= 11 is 0. The molecule has 3 aromatic rings. The van der Waals surface area contributed by atoms with Crippen LogP contribution in [-0.2, 0) is 9.47 Å². The first-order valence-electron chi connectivity index (χ1n) is 13.6. The molecule has 1 amide bonds. The molecule has 0 spiro atoms. The lowest BCUT2D eigenvalue weighted by molar-refractivity contribution is 0.00333. The van der Waals surface area contributed by atoms with Crippen LogP contribution in [-0.4, -0.2) is 100 Å². The average Bonchev–Trinajstić information content (AvgIpc) is 3.34. The highest BCUT2D eigenvalue weighted by molar-refractivity contribution is 5.82. The molecule has 2 fully saturated rings. The molecule has 2 aromatic heterocycles. The minimum absolute atomic E-state index is 0.0167. The predicted octanol–water partition coefficient (Wildman–Crippen LogP) is 3.39. The van der Waals surface area contributed by atoms with Crippen LogP contribution in [0.2, 0.25) is 0 Å². The first-order chi connectivity index (χ1) is 19.1. The Morgan fingerprint density at radius 2 is 1.95 bits per heavy atom. The maximum Gasteiger partial charge on any atom is 0.410 e. The standard InChI is InChI=1S/C28H37FN6O5/c1-17-10-18-13-30-35(25-12-24(31-26(32-25)38-5)33-8-9-39-19(14-33)16-36)23(18)11-21(17)20-6-7-34(15-22(20)29)27(37)40-28(2,3)4/h10-13,19-20,22,36H,6-9,14-16H2,1-5H3/t19-,20?,22?/m1/s1. The molecule has 11 nitrogen and oxygen atoms in total. The maximum absolute atomic E-state index is 15.6. The number of piperidine rings is 1. The van der Waals surface area contributed by atoms with Gasteiger partial charge >= 0.3 is 12.1 Å². The van der Waals surface area contributed by atoms with E-state index >= 15 is 4.39 Å². The van der Waals surface area contributed by atoms with Crippen LogP contribution in [0.25, 0.3) is 16.7 Å². The minimum Gasteiger partial charge on any atom is -0.467 e. The van der Waals surface area contributed by atoms with E-state index in [-0.39, 0.29) is 31.2 Å². The van der Waals surface area contributed by atoms with E-state index in [0.717, 1.165) is 22.0 Å². The lowest BCUT2D eigenvalue weighted by atomic mass is 9.85. The second kappa shape index (κ2) is 11.2. The molecule has 0 radical (unpaired) electrons. The summed E-state index contributed by atoms with van der Waals surface area (Å²) in [5, 5.41) is 15.1. The zero-order chi connectivity index (χ0) is 28.6. The molecular formula is C28H37FN6O5. The van der Waals surface area contributed by atoms with Crippen molar-refractivity contribution >= 4 is 22.8 Å². The number of methoxy groups -OCH3 is 1. The molecule has 2 unspecified atom stereocenters. The zero-order valence-electron chi connectivity index (χ0n) is 23.6. The summed E-state index contributed by atoms with van der Waals surface area (Å²) in [5.41, 5.74) is 2.00. The van der Waals surface area contributed by atoms with Crippen LogP contribution in [0, 0.1) is 6.92 Å². The minimum atomic E-state index is -1.24. The van der Waals surface area contributed by atoms with Crippen LogP contribution >= 0.6 is 0 Å². The van der Waals surface area contributed by atoms with Gasteiger partial charge in [0.15, 0.2) is 5.82 Å². The van der Waals surface area contributed by atoms with E-state index in [2.05, 4.69) is 15.1 Å². The van der Waals surface area contributed by atoms with E-state index in [9.17, 15) is 9.90 Å². The third-order valence-electron chi connectivity index (χ3n) is 7.29. The fourth-order valence-corrected chi connectivity index (χ4v) is 5.33. The van der Waals surface area contributed by atoms with Crippen molar-refractivity contribution < 1.29 is 28.5 Å². The van der Waals surface area contributed by atoms with Gasteiger partial charge in [-0.1, -0.05) is 0 Å². The number of amides is 1. The van der Waals surface area contributed by atoms with Crippen molar-refractivity contribution in [2.45, 2.75) is 57.9 Å². The van der Waals surface area contributed by atoms with E-state index in [1.807, 2.05) is 30.0 Å². The second-order valence-electron chi connectivity index (χ2n) is 11.4. The van der Waals surface area contributed by atoms with Gasteiger partial charge in [-0.3, -0.25) is 0 Å². The number of halogens is 1. The molecule has 1 aromatic carbocycles. The molecule has 0 bridgehead atoms. The van der Waals surface area contributed by atoms with E-state index in [0.29, 0.717) is 44.3 Å². The van der Waals surface area contributed by atoms with Crippen LogP contribution in [0.4, 0.5) is 15.0 Å². The van der Waals surface area contributed by atoms with Gasteiger partial charge < -0.3 is 29.1 Å². The number of fused-ring (bicyclic) bond motifs is 1. The van der Waals surface area contributed by atoms with Crippen LogP contribution in [0.3, 0.4) is 0 Å². The summed E-state index contributed by atoms with van der Waals surface area (Å²) in [6.07, 6.45) is 0.215. The van der Waals surface area contributed by atoms with Gasteiger partial charge in [0.05, 0.1) is 44.7 Å². The van der Waals surface area contributed by atoms with Crippen molar-refractivity contribution in [2.75, 3.05) is 51.4 Å². The lowest BCUT2D eigenvalue weighted by Gasteiger charge is -2.36. The van der Waals surface area contributed by atoms with E-state index in [4.69, 9.17) is 14.2 Å². The van der Waals surface area contributed by atoms with Crippen molar-refractivity contribution in [2.24, 2.45) is 0 Å². The summed E-state index contributed by atoms with van der Waals surface area (Å²) in [7, 11) is 1.51. The number of ether oxygens (including phenoxy) is 3. The molecular weight excluding hydrogens is 519 g/mol. The molecule has 5 rings (SSSR count). The van der Waals surface area contributed by atoms with Gasteiger partial charge in [-0.25, -0.2) is 13.9 Å². The third-order valence-corrected chi connectivity index (χ3v) is 7.29. The predicted molar refractivity (Wildman–Crippen MR) is 147 cm³/mol. The fraction of sp³-hybridized carbons (Fsp3) is 0.571. The Morgan fingerprint density at radius 1 is 1.18 bits per heavy atom. The number of morpholine rings is 1. The number of aryl methyl sites for hydroxylation is 1. The van der Waals surface area contributed by atoms with Crippen LogP contribution < -0.4 is 9.64 Å². The Hall–Kier alpha value is -3.51. The van der Waals surface area contributed by atoms with E-state index in [1.165, 1.54) is 12.0 Å². The number of hydrogen-bond donors (Lipinski definition) is 1. The van der Waals surface area contributed by atoms with Crippen molar-refractivity contribution in [3.63, 3.8) is 0 Å². The first kappa shape index (κ1) is 28.0. The molecule has 1 N–H and O–H groups in total. The van der Waals surface area contributed by atoms with Crippen molar-refractivity contribution in [3.05, 3.63) is 35.5 Å². The Balaban J connectivity index is 1.45. The number of aliphatic hydroxyl groups is 1. The smallest absolute Gasteiger partial charge is 0.410 e. The van der Waals surface area contributed by atoms with Gasteiger partial charge in [-0.2, -0.15) is 15.1 Å². The van der Waals surface area contributed by atoms with Gasteiger partial charge in [0.2, 0.25) is 0 Å². The highest BCUT2D eigenvalue weighted by Crippen LogP contribution is 2.36. The quantitative estimate of drug-likeness (QED) is 0.505. The normalized spacial score (nSPS) is 22.0. The summed E-state index contributed by atoms with van der Waals surface area (Å²) in [4.78, 5) is 25.0. The molecule has 40 heavy (non-hydrogen) atoms. The molecule has 2 saturated heterocycles. The number of hydrogen-bond acceptors (Lipinski definition) is 9. The SMILES string of the molecule is COc1nc(N2CCO[C@@H](CO)C2)cc(-n2ncc3cc(C)c(C4CCN(C(=O)OC(C)(C)C)CC4F)cc32)n1. The lowest BCUT2D eigenvalue weighted by Crippen LogP contribution is -2.46. The number of aromatic nitrogens is 4. The number of aliphatic hydroxyl groups excluding tert-OH is 1. The van der Waals surface area contributed by atoms with Crippen LogP contribution in [0.1, 0.15) is 44.2 Å². The van der Waals surface area contributed by atoms with Crippen LogP contribution in [0.15, 0.2) is 24.4 Å². The number of carbonyl (C=O) groups is 1. The monoisotopic (exact) mass is 556 g/mol. The highest BCUT2D eigenvalue weighted by atomic mass is 19.1. The van der Waals surface area contributed by atoms with E-state index < -0.39 is 17.9 Å².